The van der Waals surface area contributed by atoms with Crippen molar-refractivity contribution in [2.45, 2.75) is 90.5 Å². The molecule has 0 radical (unpaired) electrons. The third-order valence-electron chi connectivity index (χ3n) is 9.48. The van der Waals surface area contributed by atoms with Crippen molar-refractivity contribution in [3.63, 3.8) is 0 Å². The summed E-state index contributed by atoms with van der Waals surface area (Å²) in [6, 6.07) is 26.0. The molecule has 6 nitrogen and oxygen atoms in total. The van der Waals surface area contributed by atoms with Crippen molar-refractivity contribution in [1.29, 1.82) is 0 Å². The van der Waals surface area contributed by atoms with Crippen LogP contribution in [0.1, 0.15) is 90.4 Å². The molecule has 0 saturated carbocycles. The molecular weight excluding hydrogens is 536 g/mol. The molecule has 0 aliphatic rings. The van der Waals surface area contributed by atoms with Gasteiger partial charge in [0.25, 0.3) is 0 Å². The molecule has 0 saturated heterocycles. The molecule has 228 valence electrons. The average Bonchev–Trinajstić information content (AvgIpc) is 3.04. The first-order chi connectivity index (χ1) is 20.5. The summed E-state index contributed by atoms with van der Waals surface area (Å²) < 4.78 is 0. The molecule has 0 heterocycles. The van der Waals surface area contributed by atoms with Gasteiger partial charge in [-0.15, -0.1) is 0 Å². The summed E-state index contributed by atoms with van der Waals surface area (Å²) in [6.45, 7) is 10.8. The van der Waals surface area contributed by atoms with Gasteiger partial charge in [-0.2, -0.15) is 0 Å². The zero-order chi connectivity index (χ0) is 31.4. The smallest absolute Gasteiger partial charge is 0.235 e. The second-order valence-corrected chi connectivity index (χ2v) is 12.2. The largest absolute Gasteiger partial charge is 0.387 e. The highest BCUT2D eigenvalue weighted by Gasteiger charge is 2.45. The number of hydrogen-bond donors (Lipinski definition) is 4. The molecular formula is C37H46N2O4. The Morgan fingerprint density at radius 1 is 0.581 bits per heavy atom. The van der Waals surface area contributed by atoms with Crippen molar-refractivity contribution in [1.82, 2.24) is 10.6 Å². The molecule has 4 rings (SSSR count). The Bertz CT molecular complexity index is 1460. The van der Waals surface area contributed by atoms with E-state index in [0.717, 1.165) is 32.7 Å². The minimum Gasteiger partial charge on any atom is -0.387 e. The summed E-state index contributed by atoms with van der Waals surface area (Å²) in [6.07, 6.45) is 1.64. The van der Waals surface area contributed by atoms with Crippen LogP contribution in [-0.2, 0) is 9.59 Å². The Morgan fingerprint density at radius 2 is 0.907 bits per heavy atom. The van der Waals surface area contributed by atoms with E-state index in [1.807, 2.05) is 113 Å². The summed E-state index contributed by atoms with van der Waals surface area (Å²) in [4.78, 5) is 28.2. The number of carbonyl (C=O) groups excluding carboxylic acids is 2. The summed E-state index contributed by atoms with van der Waals surface area (Å²) in [5.74, 6) is -1.01. The van der Waals surface area contributed by atoms with Gasteiger partial charge < -0.3 is 20.8 Å². The third kappa shape index (κ3) is 6.17. The van der Waals surface area contributed by atoms with Crippen molar-refractivity contribution < 1.29 is 19.8 Å². The predicted molar refractivity (Wildman–Crippen MR) is 175 cm³/mol. The maximum Gasteiger partial charge on any atom is 0.235 e. The fraction of sp³-hybridized carbons (Fsp3) is 0.405. The van der Waals surface area contributed by atoms with E-state index in [9.17, 15) is 19.8 Å². The Balaban J connectivity index is 1.72. The molecule has 0 unspecified atom stereocenters. The standard InChI is InChI=1S/C37H46N2O4/c1-7-36(42,8-2)31(29-23-15-19-25-17-11-13-21-27(25)29)38-33(40)35(5,6)34(41)39-32(37(43,9-3)10-4)30-24-16-20-26-18-12-14-22-28(26)30/h11-24,31-32,42-43H,7-10H2,1-6H3,(H,38,40)(H,39,41)/t31-,32-/m0/s1. The van der Waals surface area contributed by atoms with Gasteiger partial charge in [-0.3, -0.25) is 9.59 Å². The van der Waals surface area contributed by atoms with E-state index in [0.29, 0.717) is 25.7 Å². The zero-order valence-electron chi connectivity index (χ0n) is 26.3. The van der Waals surface area contributed by atoms with E-state index in [-0.39, 0.29) is 0 Å². The van der Waals surface area contributed by atoms with Crippen LogP contribution < -0.4 is 10.6 Å². The lowest BCUT2D eigenvalue weighted by molar-refractivity contribution is -0.145. The SMILES string of the molecule is CCC(O)(CC)[C@@H](NC(=O)C(C)(C)C(=O)N[C@@H](c1cccc2ccccc12)C(O)(CC)CC)c1cccc2ccccc12. The maximum absolute atomic E-state index is 14.1. The number of fused-ring (bicyclic) bond motifs is 2. The van der Waals surface area contributed by atoms with Crippen LogP contribution in [0.2, 0.25) is 0 Å². The van der Waals surface area contributed by atoms with Crippen LogP contribution in [0.25, 0.3) is 21.5 Å². The molecule has 6 heteroatoms. The van der Waals surface area contributed by atoms with E-state index in [2.05, 4.69) is 10.6 Å². The minimum absolute atomic E-state index is 0.410. The number of benzene rings is 4. The average molecular weight is 583 g/mol. The van der Waals surface area contributed by atoms with E-state index < -0.39 is 40.5 Å². The van der Waals surface area contributed by atoms with Crippen LogP contribution >= 0.6 is 0 Å². The van der Waals surface area contributed by atoms with Crippen molar-refractivity contribution in [2.75, 3.05) is 0 Å². The first-order valence-electron chi connectivity index (χ1n) is 15.5. The normalized spacial score (nSPS) is 14.0. The van der Waals surface area contributed by atoms with Crippen LogP contribution in [0, 0.1) is 5.41 Å². The second-order valence-electron chi connectivity index (χ2n) is 12.2. The molecule has 0 aliphatic carbocycles. The van der Waals surface area contributed by atoms with Gasteiger partial charge in [-0.1, -0.05) is 113 Å². The van der Waals surface area contributed by atoms with E-state index >= 15 is 0 Å². The van der Waals surface area contributed by atoms with Gasteiger partial charge in [0.05, 0.1) is 23.3 Å². The number of amides is 2. The maximum atomic E-state index is 14.1. The van der Waals surface area contributed by atoms with Gasteiger partial charge in [0.1, 0.15) is 5.41 Å². The predicted octanol–water partition coefficient (Wildman–Crippen LogP) is 7.14. The van der Waals surface area contributed by atoms with Crippen molar-refractivity contribution in [3.8, 4) is 0 Å². The minimum atomic E-state index is -1.52. The van der Waals surface area contributed by atoms with Crippen molar-refractivity contribution in [3.05, 3.63) is 96.1 Å². The lowest BCUT2D eigenvalue weighted by atomic mass is 9.80. The highest BCUT2D eigenvalue weighted by atomic mass is 16.3. The first-order valence-corrected chi connectivity index (χ1v) is 15.5. The fourth-order valence-corrected chi connectivity index (χ4v) is 6.05. The van der Waals surface area contributed by atoms with Gasteiger partial charge in [0, 0.05) is 0 Å². The van der Waals surface area contributed by atoms with Gasteiger partial charge in [0.2, 0.25) is 11.8 Å². The summed E-state index contributed by atoms with van der Waals surface area (Å²) >= 11 is 0. The van der Waals surface area contributed by atoms with Crippen molar-refractivity contribution in [2.24, 2.45) is 5.41 Å². The molecule has 4 N–H and O–H groups in total. The Morgan fingerprint density at radius 3 is 1.26 bits per heavy atom. The molecule has 2 amide bonds. The Hall–Kier alpha value is -3.74. The molecule has 0 aromatic heterocycles. The number of hydrogen-bond acceptors (Lipinski definition) is 4. The van der Waals surface area contributed by atoms with Crippen molar-refractivity contribution >= 4 is 33.4 Å². The summed E-state index contributed by atoms with van der Waals surface area (Å²) in [7, 11) is 0. The first kappa shape index (κ1) is 32.2. The molecule has 4 aromatic carbocycles. The van der Waals surface area contributed by atoms with Crippen LogP contribution in [0.15, 0.2) is 84.9 Å². The summed E-state index contributed by atoms with van der Waals surface area (Å²) in [5.41, 5.74) is -2.38. The second kappa shape index (κ2) is 12.9. The Labute approximate surface area is 255 Å². The van der Waals surface area contributed by atoms with Crippen LogP contribution in [0.4, 0.5) is 0 Å². The van der Waals surface area contributed by atoms with Gasteiger partial charge in [-0.25, -0.2) is 0 Å². The molecule has 0 aliphatic heterocycles. The van der Waals surface area contributed by atoms with Gasteiger partial charge in [0.15, 0.2) is 0 Å². The quantitative estimate of drug-likeness (QED) is 0.134. The fourth-order valence-electron chi connectivity index (χ4n) is 6.05. The monoisotopic (exact) mass is 582 g/mol. The van der Waals surface area contributed by atoms with E-state index in [4.69, 9.17) is 0 Å². The van der Waals surface area contributed by atoms with Gasteiger partial charge in [-0.05, 0) is 72.2 Å². The molecule has 0 spiro atoms. The lowest BCUT2D eigenvalue weighted by Crippen LogP contribution is -2.55. The highest BCUT2D eigenvalue weighted by Crippen LogP contribution is 2.39. The lowest BCUT2D eigenvalue weighted by Gasteiger charge is -2.40. The van der Waals surface area contributed by atoms with E-state index in [1.54, 1.807) is 13.8 Å². The molecule has 4 aromatic rings. The molecule has 0 fully saturated rings. The Kier molecular flexibility index (Phi) is 9.63. The van der Waals surface area contributed by atoms with E-state index in [1.165, 1.54) is 0 Å². The molecule has 43 heavy (non-hydrogen) atoms. The number of nitrogens with one attached hydrogen (secondary N) is 2. The highest BCUT2D eigenvalue weighted by molar-refractivity contribution is 6.05. The van der Waals surface area contributed by atoms with Crippen LogP contribution in [-0.4, -0.2) is 33.2 Å². The number of carbonyl (C=O) groups is 2. The molecule has 0 bridgehead atoms. The zero-order valence-corrected chi connectivity index (χ0v) is 26.3. The topological polar surface area (TPSA) is 98.7 Å². The van der Waals surface area contributed by atoms with Gasteiger partial charge >= 0.3 is 0 Å². The molecule has 2 atom stereocenters. The summed E-state index contributed by atoms with van der Waals surface area (Å²) in [5, 5.41) is 33.6. The number of aliphatic hydroxyl groups is 2. The van der Waals surface area contributed by atoms with Crippen LogP contribution in [0.3, 0.4) is 0 Å². The van der Waals surface area contributed by atoms with Crippen LogP contribution in [0.5, 0.6) is 0 Å². The third-order valence-corrected chi connectivity index (χ3v) is 9.48. The number of rotatable bonds is 12.